The van der Waals surface area contributed by atoms with Crippen LogP contribution in [0.25, 0.3) is 0 Å². The highest BCUT2D eigenvalue weighted by Crippen LogP contribution is 2.63. The van der Waals surface area contributed by atoms with Crippen molar-refractivity contribution in [2.75, 3.05) is 0 Å². The van der Waals surface area contributed by atoms with E-state index in [9.17, 15) is 4.79 Å². The second-order valence-electron chi connectivity index (χ2n) is 8.52. The van der Waals surface area contributed by atoms with Crippen LogP contribution in [-0.4, -0.2) is 12.0 Å². The summed E-state index contributed by atoms with van der Waals surface area (Å²) in [5, 5.41) is 0. The topological polar surface area (TPSA) is 17.1 Å². The highest BCUT2D eigenvalue weighted by atomic mass is 19.1. The third-order valence-electron chi connectivity index (χ3n) is 6.92. The standard InChI is InChI=1S/C20H25FO/c1-12-8-16-18-15(5-6-19(16,2)11-12)20(3)7-4-14(22)9-13(20)10-17(18)21/h4-5,7,9,12,16-18H,6,8,10-11H2,1-3H3/t12-,16?,17?,18?,19?,20-/m0/s1. The lowest BCUT2D eigenvalue weighted by Crippen LogP contribution is -2.46. The first-order valence-corrected chi connectivity index (χ1v) is 8.62. The molecule has 0 radical (unpaired) electrons. The Bertz CT molecular complexity index is 628. The monoisotopic (exact) mass is 300 g/mol. The first-order chi connectivity index (χ1) is 10.3. The Hall–Kier alpha value is -1.18. The van der Waals surface area contributed by atoms with E-state index in [1.807, 2.05) is 6.08 Å². The van der Waals surface area contributed by atoms with E-state index in [2.05, 4.69) is 26.8 Å². The van der Waals surface area contributed by atoms with Crippen LogP contribution in [-0.2, 0) is 4.79 Å². The normalized spacial score (nSPS) is 49.9. The van der Waals surface area contributed by atoms with E-state index in [-0.39, 0.29) is 22.5 Å². The predicted octanol–water partition coefficient (Wildman–Crippen LogP) is 4.80. The van der Waals surface area contributed by atoms with Gasteiger partial charge in [-0.3, -0.25) is 4.79 Å². The average molecular weight is 300 g/mol. The van der Waals surface area contributed by atoms with Gasteiger partial charge in [-0.25, -0.2) is 4.39 Å². The summed E-state index contributed by atoms with van der Waals surface area (Å²) in [5.41, 5.74) is 2.26. The zero-order valence-corrected chi connectivity index (χ0v) is 13.7. The molecule has 6 atom stereocenters. The summed E-state index contributed by atoms with van der Waals surface area (Å²) in [4.78, 5) is 11.7. The van der Waals surface area contributed by atoms with Gasteiger partial charge in [-0.1, -0.05) is 31.6 Å². The molecule has 0 spiro atoms. The molecule has 4 rings (SSSR count). The van der Waals surface area contributed by atoms with E-state index >= 15 is 4.39 Å². The van der Waals surface area contributed by atoms with Crippen molar-refractivity contribution < 1.29 is 9.18 Å². The lowest BCUT2D eigenvalue weighted by Gasteiger charge is -2.52. The molecule has 2 saturated carbocycles. The molecule has 4 aliphatic rings. The Kier molecular flexibility index (Phi) is 2.90. The maximum absolute atomic E-state index is 15.1. The molecule has 4 aliphatic carbocycles. The molecule has 0 heterocycles. The minimum absolute atomic E-state index is 0.00820. The Morgan fingerprint density at radius 3 is 2.86 bits per heavy atom. The lowest BCUT2D eigenvalue weighted by molar-refractivity contribution is -0.110. The van der Waals surface area contributed by atoms with E-state index in [1.54, 1.807) is 12.2 Å². The van der Waals surface area contributed by atoms with E-state index < -0.39 is 6.17 Å². The van der Waals surface area contributed by atoms with Gasteiger partial charge in [0, 0.05) is 17.8 Å². The van der Waals surface area contributed by atoms with Gasteiger partial charge in [0.2, 0.25) is 0 Å². The highest BCUT2D eigenvalue weighted by molar-refractivity contribution is 6.01. The number of carbonyl (C=O) groups is 1. The minimum atomic E-state index is -0.834. The Morgan fingerprint density at radius 2 is 2.09 bits per heavy atom. The fraction of sp³-hybridized carbons (Fsp3) is 0.650. The van der Waals surface area contributed by atoms with Crippen molar-refractivity contribution >= 4 is 5.78 Å². The Labute approximate surface area is 132 Å². The van der Waals surface area contributed by atoms with Crippen LogP contribution in [0.1, 0.15) is 46.5 Å². The maximum atomic E-state index is 15.1. The second kappa shape index (κ2) is 4.43. The fourth-order valence-corrected chi connectivity index (χ4v) is 5.88. The van der Waals surface area contributed by atoms with E-state index in [0.717, 1.165) is 18.4 Å². The predicted molar refractivity (Wildman–Crippen MR) is 86.0 cm³/mol. The molecule has 118 valence electrons. The molecule has 4 unspecified atom stereocenters. The average Bonchev–Trinajstić information content (AvgIpc) is 2.75. The molecular weight excluding hydrogens is 275 g/mol. The van der Waals surface area contributed by atoms with E-state index in [4.69, 9.17) is 0 Å². The maximum Gasteiger partial charge on any atom is 0.178 e. The first-order valence-electron chi connectivity index (χ1n) is 8.62. The number of hydrogen-bond donors (Lipinski definition) is 0. The number of allylic oxidation sites excluding steroid dienone is 6. The van der Waals surface area contributed by atoms with Crippen molar-refractivity contribution in [3.05, 3.63) is 35.5 Å². The molecular formula is C20H25FO. The molecule has 0 aromatic heterocycles. The van der Waals surface area contributed by atoms with Crippen molar-refractivity contribution in [2.24, 2.45) is 28.6 Å². The summed E-state index contributed by atoms with van der Waals surface area (Å²) in [6.45, 7) is 6.84. The smallest absolute Gasteiger partial charge is 0.178 e. The molecule has 22 heavy (non-hydrogen) atoms. The molecule has 0 aliphatic heterocycles. The summed E-state index contributed by atoms with van der Waals surface area (Å²) in [6, 6.07) is 0. The Morgan fingerprint density at radius 1 is 1.32 bits per heavy atom. The first kappa shape index (κ1) is 14.4. The van der Waals surface area contributed by atoms with Crippen LogP contribution >= 0.6 is 0 Å². The van der Waals surface area contributed by atoms with Crippen LogP contribution < -0.4 is 0 Å². The van der Waals surface area contributed by atoms with Crippen molar-refractivity contribution in [3.8, 4) is 0 Å². The molecule has 0 amide bonds. The molecule has 2 fully saturated rings. The SMILES string of the molecule is C[C@H]1CC2C3C(=CCC2(C)C1)[C@@]1(C)C=CC(=O)C=C1CC3F. The second-order valence-corrected chi connectivity index (χ2v) is 8.52. The van der Waals surface area contributed by atoms with Gasteiger partial charge in [-0.15, -0.1) is 0 Å². The molecule has 0 N–H and O–H groups in total. The van der Waals surface area contributed by atoms with Gasteiger partial charge in [-0.2, -0.15) is 0 Å². The molecule has 0 aromatic rings. The molecule has 0 aromatic carbocycles. The van der Waals surface area contributed by atoms with Crippen LogP contribution in [0.3, 0.4) is 0 Å². The van der Waals surface area contributed by atoms with Crippen molar-refractivity contribution in [3.63, 3.8) is 0 Å². The number of halogens is 1. The number of carbonyl (C=O) groups excluding carboxylic acids is 1. The van der Waals surface area contributed by atoms with Gasteiger partial charge < -0.3 is 0 Å². The van der Waals surface area contributed by atoms with Gasteiger partial charge in [0.15, 0.2) is 5.78 Å². The van der Waals surface area contributed by atoms with Crippen LogP contribution in [0.15, 0.2) is 35.5 Å². The van der Waals surface area contributed by atoms with Crippen molar-refractivity contribution in [1.29, 1.82) is 0 Å². The lowest BCUT2D eigenvalue weighted by atomic mass is 9.53. The number of rotatable bonds is 0. The van der Waals surface area contributed by atoms with Crippen LogP contribution in [0.5, 0.6) is 0 Å². The molecule has 0 bridgehead atoms. The largest absolute Gasteiger partial charge is 0.290 e. The quantitative estimate of drug-likeness (QED) is 0.587. The third-order valence-corrected chi connectivity index (χ3v) is 6.92. The summed E-state index contributed by atoms with van der Waals surface area (Å²) >= 11 is 0. The molecule has 2 heteroatoms. The number of hydrogen-bond acceptors (Lipinski definition) is 1. The Balaban J connectivity index is 1.81. The zero-order valence-electron chi connectivity index (χ0n) is 13.7. The summed E-state index contributed by atoms with van der Waals surface area (Å²) in [6.07, 6.45) is 10.7. The van der Waals surface area contributed by atoms with Gasteiger partial charge in [0.1, 0.15) is 6.17 Å². The van der Waals surface area contributed by atoms with Crippen LogP contribution in [0.4, 0.5) is 4.39 Å². The van der Waals surface area contributed by atoms with Gasteiger partial charge in [0.05, 0.1) is 0 Å². The van der Waals surface area contributed by atoms with Gasteiger partial charge >= 0.3 is 0 Å². The van der Waals surface area contributed by atoms with E-state index in [0.29, 0.717) is 18.3 Å². The van der Waals surface area contributed by atoms with E-state index in [1.165, 1.54) is 12.0 Å². The number of ketones is 1. The summed E-state index contributed by atoms with van der Waals surface area (Å²) in [7, 11) is 0. The third kappa shape index (κ3) is 1.79. The minimum Gasteiger partial charge on any atom is -0.290 e. The van der Waals surface area contributed by atoms with Gasteiger partial charge in [-0.05, 0) is 61.2 Å². The highest BCUT2D eigenvalue weighted by Gasteiger charge is 2.56. The van der Waals surface area contributed by atoms with Crippen LogP contribution in [0.2, 0.25) is 0 Å². The van der Waals surface area contributed by atoms with Crippen LogP contribution in [0, 0.1) is 28.6 Å². The molecule has 1 nitrogen and oxygen atoms in total. The van der Waals surface area contributed by atoms with Gasteiger partial charge in [0.25, 0.3) is 0 Å². The zero-order chi connectivity index (χ0) is 15.7. The van der Waals surface area contributed by atoms with Crippen molar-refractivity contribution in [1.82, 2.24) is 0 Å². The number of fused-ring (bicyclic) bond motifs is 5. The van der Waals surface area contributed by atoms with Crippen molar-refractivity contribution in [2.45, 2.75) is 52.6 Å². The summed E-state index contributed by atoms with van der Waals surface area (Å²) in [5.74, 6) is 1.21. The summed E-state index contributed by atoms with van der Waals surface area (Å²) < 4.78 is 15.1. The molecule has 0 saturated heterocycles. The number of alkyl halides is 1. The fourth-order valence-electron chi connectivity index (χ4n) is 5.88.